The molecule has 0 unspecified atom stereocenters. The van der Waals surface area contributed by atoms with Gasteiger partial charge in [-0.15, -0.1) is 0 Å². The van der Waals surface area contributed by atoms with E-state index in [0.29, 0.717) is 61.8 Å². The molecule has 5 N–H and O–H groups in total. The van der Waals surface area contributed by atoms with Crippen LogP contribution in [0.1, 0.15) is 80.5 Å². The van der Waals surface area contributed by atoms with Crippen LogP contribution in [-0.2, 0) is 30.4 Å². The Morgan fingerprint density at radius 1 is 0.936 bits per heavy atom. The largest absolute Gasteiger partial charge is 0.397 e. The van der Waals surface area contributed by atoms with Gasteiger partial charge >= 0.3 is 0 Å². The molecule has 2 fully saturated rings. The highest BCUT2D eigenvalue weighted by Gasteiger charge is 2.35. The van der Waals surface area contributed by atoms with Crippen LogP contribution >= 0.6 is 0 Å². The standard InChI is InChI=1S/C37H48N4O6/c1-45-25-30-11-8-20-41(30)23-31-22-34(27-18-16-26(24-42)17-19-27)47-37(46-31)28-9-7-10-29(21-28)39-35(43)14-3-2-4-15-36(44)40-33-13-6-5-12-32(33)38/h5-7,9-10,12-13,16-19,21,30-31,34,37,42H,2-4,8,11,14-15,20,22-25,38H2,1H3,(H,39,43)(H,40,44)/t30-,31-,34+,37+/m0/s1. The second kappa shape index (κ2) is 17.4. The van der Waals surface area contributed by atoms with Gasteiger partial charge in [-0.1, -0.05) is 55.0 Å². The zero-order chi connectivity index (χ0) is 33.0. The van der Waals surface area contributed by atoms with Crippen molar-refractivity contribution in [3.05, 3.63) is 89.5 Å². The number of nitrogens with two attached hydrogens (primary N) is 1. The number of ether oxygens (including phenoxy) is 3. The van der Waals surface area contributed by atoms with Gasteiger partial charge in [-0.05, 0) is 67.6 Å². The molecule has 0 aromatic heterocycles. The van der Waals surface area contributed by atoms with E-state index >= 15 is 0 Å². The van der Waals surface area contributed by atoms with Crippen molar-refractivity contribution in [3.63, 3.8) is 0 Å². The van der Waals surface area contributed by atoms with Crippen molar-refractivity contribution < 1.29 is 28.9 Å². The lowest BCUT2D eigenvalue weighted by Crippen LogP contribution is -2.42. The molecule has 10 nitrogen and oxygen atoms in total. The van der Waals surface area contributed by atoms with E-state index in [1.807, 2.05) is 60.7 Å². The molecule has 0 aliphatic carbocycles. The summed E-state index contributed by atoms with van der Waals surface area (Å²) in [7, 11) is 1.75. The summed E-state index contributed by atoms with van der Waals surface area (Å²) in [5.74, 6) is -0.162. The predicted molar refractivity (Wildman–Crippen MR) is 183 cm³/mol. The third-order valence-corrected chi connectivity index (χ3v) is 8.90. The zero-order valence-corrected chi connectivity index (χ0v) is 27.2. The van der Waals surface area contributed by atoms with Crippen LogP contribution in [0.4, 0.5) is 17.1 Å². The lowest BCUT2D eigenvalue weighted by atomic mass is 9.99. The van der Waals surface area contributed by atoms with Gasteiger partial charge in [0.25, 0.3) is 0 Å². The Morgan fingerprint density at radius 2 is 1.70 bits per heavy atom. The summed E-state index contributed by atoms with van der Waals surface area (Å²) >= 11 is 0. The maximum atomic E-state index is 12.8. The van der Waals surface area contributed by atoms with E-state index in [1.54, 1.807) is 19.2 Å². The van der Waals surface area contributed by atoms with Crippen molar-refractivity contribution in [1.82, 2.24) is 4.90 Å². The minimum Gasteiger partial charge on any atom is -0.397 e. The molecule has 47 heavy (non-hydrogen) atoms. The van der Waals surface area contributed by atoms with Crippen LogP contribution in [-0.4, -0.2) is 60.8 Å². The van der Waals surface area contributed by atoms with Gasteiger partial charge in [-0.3, -0.25) is 14.5 Å². The van der Waals surface area contributed by atoms with Crippen LogP contribution in [0.15, 0.2) is 72.8 Å². The molecule has 5 rings (SSSR count). The number of unbranched alkanes of at least 4 members (excludes halogenated alkanes) is 2. The first-order valence-corrected chi connectivity index (χ1v) is 16.7. The van der Waals surface area contributed by atoms with Gasteiger partial charge < -0.3 is 35.7 Å². The van der Waals surface area contributed by atoms with Crippen molar-refractivity contribution in [3.8, 4) is 0 Å². The summed E-state index contributed by atoms with van der Waals surface area (Å²) in [4.78, 5) is 27.5. The van der Waals surface area contributed by atoms with E-state index in [-0.39, 0.29) is 30.6 Å². The third kappa shape index (κ3) is 10.1. The number of aliphatic hydroxyl groups excluding tert-OH is 1. The molecule has 3 aromatic rings. The molecule has 10 heteroatoms. The van der Waals surface area contributed by atoms with Crippen LogP contribution in [0.5, 0.6) is 0 Å². The number of hydrogen-bond acceptors (Lipinski definition) is 8. The highest BCUT2D eigenvalue weighted by molar-refractivity contribution is 5.93. The fourth-order valence-corrected chi connectivity index (χ4v) is 6.37. The predicted octanol–water partition coefficient (Wildman–Crippen LogP) is 5.95. The normalized spacial score (nSPS) is 21.4. The van der Waals surface area contributed by atoms with E-state index in [4.69, 9.17) is 19.9 Å². The number of likely N-dealkylation sites (tertiary alicyclic amines) is 1. The number of anilines is 3. The highest BCUT2D eigenvalue weighted by atomic mass is 16.7. The van der Waals surface area contributed by atoms with E-state index in [2.05, 4.69) is 15.5 Å². The van der Waals surface area contributed by atoms with E-state index in [9.17, 15) is 14.7 Å². The summed E-state index contributed by atoms with van der Waals surface area (Å²) in [6, 6.07) is 23.1. The maximum absolute atomic E-state index is 12.8. The highest BCUT2D eigenvalue weighted by Crippen LogP contribution is 2.39. The number of para-hydroxylation sites is 2. The Kier molecular flexibility index (Phi) is 12.8. The molecule has 3 aromatic carbocycles. The van der Waals surface area contributed by atoms with Gasteiger partial charge in [0.05, 0.1) is 36.8 Å². The molecule has 0 radical (unpaired) electrons. The van der Waals surface area contributed by atoms with Crippen LogP contribution in [0.2, 0.25) is 0 Å². The second-order valence-electron chi connectivity index (χ2n) is 12.5. The summed E-state index contributed by atoms with van der Waals surface area (Å²) in [5.41, 5.74) is 10.5. The lowest BCUT2D eigenvalue weighted by Gasteiger charge is -2.39. The van der Waals surface area contributed by atoms with Crippen LogP contribution in [0.25, 0.3) is 0 Å². The van der Waals surface area contributed by atoms with Crippen molar-refractivity contribution in [2.75, 3.05) is 43.2 Å². The number of hydrogen-bond donors (Lipinski definition) is 4. The topological polar surface area (TPSA) is 135 Å². The third-order valence-electron chi connectivity index (χ3n) is 8.90. The SMILES string of the molecule is COC[C@@H]1CCCN1C[C@@H]1C[C@H](c2ccc(CO)cc2)O[C@H](c2cccc(NC(=O)CCCCCC(=O)Nc3ccccc3N)c2)O1. The van der Waals surface area contributed by atoms with Crippen molar-refractivity contribution >= 4 is 28.9 Å². The maximum Gasteiger partial charge on any atom is 0.224 e. The summed E-state index contributed by atoms with van der Waals surface area (Å²) < 4.78 is 18.6. The van der Waals surface area contributed by atoms with Gasteiger partial charge in [0.15, 0.2) is 6.29 Å². The first-order chi connectivity index (χ1) is 22.9. The molecule has 2 aliphatic rings. The monoisotopic (exact) mass is 644 g/mol. The summed E-state index contributed by atoms with van der Waals surface area (Å²) in [5, 5.41) is 15.4. The summed E-state index contributed by atoms with van der Waals surface area (Å²) in [6.45, 7) is 2.51. The number of nitrogens with one attached hydrogen (secondary N) is 2. The van der Waals surface area contributed by atoms with Gasteiger partial charge in [-0.2, -0.15) is 0 Å². The first kappa shape index (κ1) is 34.5. The number of benzene rings is 3. The number of nitrogen functional groups attached to an aromatic ring is 1. The number of carbonyl (C=O) groups excluding carboxylic acids is 2. The Labute approximate surface area is 277 Å². The fourth-order valence-electron chi connectivity index (χ4n) is 6.37. The van der Waals surface area contributed by atoms with E-state index < -0.39 is 6.29 Å². The number of aliphatic hydroxyl groups is 1. The molecule has 0 saturated carbocycles. The van der Waals surface area contributed by atoms with Crippen molar-refractivity contribution in [1.29, 1.82) is 0 Å². The second-order valence-corrected chi connectivity index (χ2v) is 12.5. The van der Waals surface area contributed by atoms with Gasteiger partial charge in [0.1, 0.15) is 0 Å². The molecule has 0 bridgehead atoms. The van der Waals surface area contributed by atoms with Crippen LogP contribution in [0, 0.1) is 0 Å². The Balaban J connectivity index is 1.15. The van der Waals surface area contributed by atoms with Crippen LogP contribution < -0.4 is 16.4 Å². The first-order valence-electron chi connectivity index (χ1n) is 16.7. The molecule has 2 amide bonds. The average Bonchev–Trinajstić information content (AvgIpc) is 3.52. The molecule has 252 valence electrons. The van der Waals surface area contributed by atoms with Crippen molar-refractivity contribution in [2.24, 2.45) is 0 Å². The van der Waals surface area contributed by atoms with Gasteiger partial charge in [-0.25, -0.2) is 0 Å². The van der Waals surface area contributed by atoms with E-state index in [1.165, 1.54) is 0 Å². The number of rotatable bonds is 15. The summed E-state index contributed by atoms with van der Waals surface area (Å²) in [6.07, 6.45) is 5.00. The Hall–Kier alpha value is -3.80. The smallest absolute Gasteiger partial charge is 0.224 e. The molecule has 4 atom stereocenters. The number of methoxy groups -OCH3 is 1. The number of nitrogens with zero attached hydrogens (tertiary/aromatic N) is 1. The average molecular weight is 645 g/mol. The molecular weight excluding hydrogens is 596 g/mol. The van der Waals surface area contributed by atoms with Gasteiger partial charge in [0.2, 0.25) is 11.8 Å². The Morgan fingerprint density at radius 3 is 2.45 bits per heavy atom. The van der Waals surface area contributed by atoms with E-state index in [0.717, 1.165) is 49.0 Å². The minimum atomic E-state index is -0.603. The lowest BCUT2D eigenvalue weighted by molar-refractivity contribution is -0.253. The zero-order valence-electron chi connectivity index (χ0n) is 27.2. The molecule has 2 aliphatic heterocycles. The van der Waals surface area contributed by atoms with Crippen molar-refractivity contribution in [2.45, 2.75) is 82.5 Å². The van der Waals surface area contributed by atoms with Gasteiger partial charge in [0, 0.05) is 50.2 Å². The minimum absolute atomic E-state index is 0.00360. The Bertz CT molecular complexity index is 1450. The molecule has 2 saturated heterocycles. The quantitative estimate of drug-likeness (QED) is 0.118. The molecule has 0 spiro atoms. The molecule has 2 heterocycles. The van der Waals surface area contributed by atoms with Crippen LogP contribution in [0.3, 0.4) is 0 Å². The fraction of sp³-hybridized carbons (Fsp3) is 0.459. The number of amides is 2. The molecular formula is C37H48N4O6. The number of carbonyl (C=O) groups is 2.